The van der Waals surface area contributed by atoms with E-state index in [1.54, 1.807) is 6.08 Å². The molecule has 1 aromatic heterocycles. The molecule has 2 rings (SSSR count). The van der Waals surface area contributed by atoms with Crippen LogP contribution in [0.1, 0.15) is 5.56 Å². The van der Waals surface area contributed by atoms with Crippen LogP contribution in [-0.4, -0.2) is 0 Å². The highest BCUT2D eigenvalue weighted by molar-refractivity contribution is 7.71. The lowest BCUT2D eigenvalue weighted by Crippen LogP contribution is -1.87. The summed E-state index contributed by atoms with van der Waals surface area (Å²) in [5, 5.41) is 1.42. The maximum Gasteiger partial charge on any atom is 0.195 e. The molecular weight excluding hydrogens is 299 g/mol. The topological polar surface area (TPSA) is 13.1 Å². The van der Waals surface area contributed by atoms with Gasteiger partial charge in [0.25, 0.3) is 0 Å². The van der Waals surface area contributed by atoms with Gasteiger partial charge in [0.15, 0.2) is 4.71 Å². The molecule has 88 valence electrons. The molecule has 0 atom stereocenters. The van der Waals surface area contributed by atoms with E-state index in [0.717, 1.165) is 10.9 Å². The number of halogens is 3. The summed E-state index contributed by atoms with van der Waals surface area (Å²) in [6.07, 6.45) is 2.08. The number of allylic oxidation sites excluding steroid dienone is 1. The third-order valence-corrected chi connectivity index (χ3v) is 3.37. The Morgan fingerprint density at radius 1 is 1.29 bits per heavy atom. The lowest BCUT2D eigenvalue weighted by atomic mass is 10.1. The van der Waals surface area contributed by atoms with Crippen LogP contribution in [0.15, 0.2) is 39.3 Å². The summed E-state index contributed by atoms with van der Waals surface area (Å²) < 4.78 is 6.07. The van der Waals surface area contributed by atoms with Crippen LogP contribution in [0.2, 0.25) is 5.02 Å². The second-order valence-electron chi connectivity index (χ2n) is 3.38. The fraction of sp³-hybridized carbons (Fsp3) is 0.0833. The fourth-order valence-electron chi connectivity index (χ4n) is 1.50. The van der Waals surface area contributed by atoms with Crippen LogP contribution < -0.4 is 0 Å². The highest BCUT2D eigenvalue weighted by Gasteiger charge is 2.09. The molecule has 0 saturated carbocycles. The molecule has 1 heterocycles. The Labute approximate surface area is 119 Å². The number of rotatable bonds is 2. The normalized spacial score (nSPS) is 10.5. The van der Waals surface area contributed by atoms with E-state index in [9.17, 15) is 0 Å². The summed E-state index contributed by atoms with van der Waals surface area (Å²) >= 11 is 22.6. The van der Waals surface area contributed by atoms with Gasteiger partial charge in [0.2, 0.25) is 0 Å². The van der Waals surface area contributed by atoms with Crippen LogP contribution >= 0.6 is 47.0 Å². The first-order chi connectivity index (χ1) is 8.09. The second kappa shape index (κ2) is 5.40. The molecule has 0 aliphatic rings. The van der Waals surface area contributed by atoms with E-state index in [1.165, 1.54) is 0 Å². The van der Waals surface area contributed by atoms with Gasteiger partial charge in [-0.15, -0.1) is 0 Å². The van der Waals surface area contributed by atoms with Crippen molar-refractivity contribution in [2.45, 2.75) is 6.42 Å². The van der Waals surface area contributed by atoms with Crippen molar-refractivity contribution in [3.05, 3.63) is 50.1 Å². The van der Waals surface area contributed by atoms with Gasteiger partial charge in [0.05, 0.1) is 5.02 Å². The zero-order valence-electron chi connectivity index (χ0n) is 8.54. The first kappa shape index (κ1) is 12.9. The third kappa shape index (κ3) is 2.83. The van der Waals surface area contributed by atoms with Gasteiger partial charge in [-0.3, -0.25) is 0 Å². The molecule has 0 aliphatic heterocycles. The SMILES string of the molecule is S=c1oc2ccccc2c(Cl)c1CC=C(Cl)Cl. The molecule has 17 heavy (non-hydrogen) atoms. The summed E-state index contributed by atoms with van der Waals surface area (Å²) in [4.78, 5) is 0. The smallest absolute Gasteiger partial charge is 0.195 e. The van der Waals surface area contributed by atoms with Crippen molar-refractivity contribution in [3.8, 4) is 0 Å². The van der Waals surface area contributed by atoms with Crippen LogP contribution in [0.3, 0.4) is 0 Å². The molecule has 0 fully saturated rings. The lowest BCUT2D eigenvalue weighted by Gasteiger charge is -2.05. The first-order valence-electron chi connectivity index (χ1n) is 4.81. The summed E-state index contributed by atoms with van der Waals surface area (Å²) in [5.74, 6) is 0. The maximum atomic E-state index is 6.29. The van der Waals surface area contributed by atoms with Crippen molar-refractivity contribution in [1.29, 1.82) is 0 Å². The number of para-hydroxylation sites is 1. The number of fused-ring (bicyclic) bond motifs is 1. The second-order valence-corrected chi connectivity index (χ2v) is 5.13. The third-order valence-electron chi connectivity index (χ3n) is 2.30. The zero-order chi connectivity index (χ0) is 12.4. The average Bonchev–Trinajstić information content (AvgIpc) is 2.28. The predicted molar refractivity (Wildman–Crippen MR) is 75.6 cm³/mol. The molecule has 0 amide bonds. The van der Waals surface area contributed by atoms with Gasteiger partial charge < -0.3 is 4.42 Å². The van der Waals surface area contributed by atoms with Gasteiger partial charge in [-0.25, -0.2) is 0 Å². The van der Waals surface area contributed by atoms with Crippen molar-refractivity contribution in [3.63, 3.8) is 0 Å². The Balaban J connectivity index is 2.64. The number of hydrogen-bond donors (Lipinski definition) is 0. The first-order valence-corrected chi connectivity index (χ1v) is 6.35. The van der Waals surface area contributed by atoms with Crippen molar-refractivity contribution in [2.24, 2.45) is 0 Å². The average molecular weight is 306 g/mol. The molecule has 2 aromatic rings. The molecule has 0 unspecified atom stereocenters. The zero-order valence-corrected chi connectivity index (χ0v) is 11.6. The van der Waals surface area contributed by atoms with E-state index in [2.05, 4.69) is 0 Å². The molecule has 0 aliphatic carbocycles. The van der Waals surface area contributed by atoms with Crippen molar-refractivity contribution < 1.29 is 4.42 Å². The van der Waals surface area contributed by atoms with E-state index >= 15 is 0 Å². The van der Waals surface area contributed by atoms with Crippen LogP contribution in [0.5, 0.6) is 0 Å². The lowest BCUT2D eigenvalue weighted by molar-refractivity contribution is 0.579. The maximum absolute atomic E-state index is 6.29. The van der Waals surface area contributed by atoms with E-state index < -0.39 is 0 Å². The Hall–Kier alpha value is -0.540. The van der Waals surface area contributed by atoms with Crippen LogP contribution in [0.4, 0.5) is 0 Å². The largest absolute Gasteiger partial charge is 0.445 e. The molecule has 1 nitrogen and oxygen atoms in total. The molecule has 0 N–H and O–H groups in total. The highest BCUT2D eigenvalue weighted by Crippen LogP contribution is 2.29. The molecule has 1 aromatic carbocycles. The number of hydrogen-bond acceptors (Lipinski definition) is 2. The van der Waals surface area contributed by atoms with E-state index in [-0.39, 0.29) is 4.49 Å². The van der Waals surface area contributed by atoms with Crippen LogP contribution in [0, 0.1) is 4.71 Å². The molecule has 5 heteroatoms. The Bertz CT molecular complexity index is 642. The van der Waals surface area contributed by atoms with E-state index in [4.69, 9.17) is 51.4 Å². The minimum atomic E-state index is 0.184. The Kier molecular flexibility index (Phi) is 4.10. The van der Waals surface area contributed by atoms with Crippen molar-refractivity contribution in [1.82, 2.24) is 0 Å². The fourth-order valence-corrected chi connectivity index (χ4v) is 2.31. The van der Waals surface area contributed by atoms with Crippen LogP contribution in [0.25, 0.3) is 11.0 Å². The van der Waals surface area contributed by atoms with Gasteiger partial charge in [0.1, 0.15) is 10.1 Å². The highest BCUT2D eigenvalue weighted by atomic mass is 35.5. The monoisotopic (exact) mass is 304 g/mol. The minimum Gasteiger partial charge on any atom is -0.445 e. The molecule has 0 spiro atoms. The van der Waals surface area contributed by atoms with Gasteiger partial charge in [-0.1, -0.05) is 46.9 Å². The molecule has 0 radical (unpaired) electrons. The van der Waals surface area contributed by atoms with E-state index in [1.807, 2.05) is 24.3 Å². The predicted octanol–water partition coefficient (Wildman–Crippen LogP) is 5.68. The molecule has 0 bridgehead atoms. The Morgan fingerprint density at radius 3 is 2.71 bits per heavy atom. The van der Waals surface area contributed by atoms with Crippen molar-refractivity contribution >= 4 is 58.0 Å². The summed E-state index contributed by atoms with van der Waals surface area (Å²) in [5.41, 5.74) is 1.39. The van der Waals surface area contributed by atoms with Crippen molar-refractivity contribution in [2.75, 3.05) is 0 Å². The van der Waals surface area contributed by atoms with Gasteiger partial charge in [-0.2, -0.15) is 0 Å². The van der Waals surface area contributed by atoms with Gasteiger partial charge in [-0.05, 0) is 36.8 Å². The number of benzene rings is 1. The Morgan fingerprint density at radius 2 is 2.00 bits per heavy atom. The van der Waals surface area contributed by atoms with Crippen LogP contribution in [-0.2, 0) is 6.42 Å². The quantitative estimate of drug-likeness (QED) is 0.662. The van der Waals surface area contributed by atoms with Gasteiger partial charge >= 0.3 is 0 Å². The van der Waals surface area contributed by atoms with E-state index in [0.29, 0.717) is 21.7 Å². The summed E-state index contributed by atoms with van der Waals surface area (Å²) in [6, 6.07) is 7.46. The molecular formula is C12H7Cl3OS. The summed E-state index contributed by atoms with van der Waals surface area (Å²) in [7, 11) is 0. The van der Waals surface area contributed by atoms with Gasteiger partial charge in [0, 0.05) is 10.9 Å². The summed E-state index contributed by atoms with van der Waals surface area (Å²) in [6.45, 7) is 0. The standard InChI is InChI=1S/C12H7Cl3OS/c13-10(14)6-5-8-11(15)7-3-1-2-4-9(7)16-12(8)17/h1-4,6H,5H2. The molecule has 0 saturated heterocycles. The minimum absolute atomic E-state index is 0.184.